The van der Waals surface area contributed by atoms with Crippen molar-refractivity contribution in [3.05, 3.63) is 71.5 Å². The van der Waals surface area contributed by atoms with E-state index in [4.69, 9.17) is 0 Å². The molecule has 2 aromatic carbocycles. The normalized spacial score (nSPS) is 13.8. The van der Waals surface area contributed by atoms with Crippen LogP contribution in [0.4, 0.5) is 5.69 Å². The van der Waals surface area contributed by atoms with Gasteiger partial charge in [0.1, 0.15) is 0 Å². The Balaban J connectivity index is 1.62. The van der Waals surface area contributed by atoms with Gasteiger partial charge in [-0.25, -0.2) is 4.98 Å². The lowest BCUT2D eigenvalue weighted by molar-refractivity contribution is 0.0913. The number of nitrogens with zero attached hydrogens (tertiary/aromatic N) is 1. The van der Waals surface area contributed by atoms with Gasteiger partial charge in [-0.1, -0.05) is 30.3 Å². The Bertz CT molecular complexity index is 1020. The SMILES string of the molecule is Cc1cccc2c(C(=O)Nc3cccnc3C(=O)NC3CCC3)cccc12. The summed E-state index contributed by atoms with van der Waals surface area (Å²) in [6.07, 6.45) is 4.69. The van der Waals surface area contributed by atoms with Gasteiger partial charge in [-0.15, -0.1) is 0 Å². The Morgan fingerprint density at radius 1 is 0.963 bits per heavy atom. The van der Waals surface area contributed by atoms with E-state index in [0.717, 1.165) is 35.6 Å². The van der Waals surface area contributed by atoms with Crippen LogP contribution in [0.5, 0.6) is 0 Å². The average molecular weight is 359 g/mol. The van der Waals surface area contributed by atoms with Crippen molar-refractivity contribution in [2.75, 3.05) is 5.32 Å². The van der Waals surface area contributed by atoms with E-state index in [9.17, 15) is 9.59 Å². The molecule has 1 saturated carbocycles. The van der Waals surface area contributed by atoms with Crippen LogP contribution in [0.25, 0.3) is 10.8 Å². The minimum absolute atomic E-state index is 0.212. The van der Waals surface area contributed by atoms with Crippen molar-refractivity contribution in [3.63, 3.8) is 0 Å². The smallest absolute Gasteiger partial charge is 0.272 e. The number of fused-ring (bicyclic) bond motifs is 1. The van der Waals surface area contributed by atoms with Gasteiger partial charge in [0, 0.05) is 17.8 Å². The summed E-state index contributed by atoms with van der Waals surface area (Å²) in [6, 6.07) is 15.2. The standard InChI is InChI=1S/C22H21N3O2/c1-14-6-2-10-17-16(14)9-4-11-18(17)21(26)25-19-12-5-13-23-20(19)22(27)24-15-7-3-8-15/h2,4-6,9-13,15H,3,7-8H2,1H3,(H,24,27)(H,25,26). The molecule has 1 heterocycles. The lowest BCUT2D eigenvalue weighted by Gasteiger charge is -2.26. The Hall–Kier alpha value is -3.21. The Morgan fingerprint density at radius 2 is 1.74 bits per heavy atom. The average Bonchev–Trinajstić information content (AvgIpc) is 2.65. The number of hydrogen-bond donors (Lipinski definition) is 2. The summed E-state index contributed by atoms with van der Waals surface area (Å²) >= 11 is 0. The van der Waals surface area contributed by atoms with Crippen molar-refractivity contribution < 1.29 is 9.59 Å². The molecule has 27 heavy (non-hydrogen) atoms. The van der Waals surface area contributed by atoms with Crippen LogP contribution in [0.3, 0.4) is 0 Å². The van der Waals surface area contributed by atoms with E-state index in [0.29, 0.717) is 11.3 Å². The fourth-order valence-electron chi connectivity index (χ4n) is 3.35. The maximum Gasteiger partial charge on any atom is 0.272 e. The fraction of sp³-hybridized carbons (Fsp3) is 0.227. The summed E-state index contributed by atoms with van der Waals surface area (Å²) in [6.45, 7) is 2.02. The number of amides is 2. The Kier molecular flexibility index (Phi) is 4.59. The minimum Gasteiger partial charge on any atom is -0.348 e. The van der Waals surface area contributed by atoms with Crippen LogP contribution in [-0.4, -0.2) is 22.8 Å². The van der Waals surface area contributed by atoms with Crippen LogP contribution < -0.4 is 10.6 Å². The van der Waals surface area contributed by atoms with Crippen molar-refractivity contribution in [1.82, 2.24) is 10.3 Å². The molecule has 0 unspecified atom stereocenters. The predicted octanol–water partition coefficient (Wildman–Crippen LogP) is 4.08. The first kappa shape index (κ1) is 17.2. The molecule has 5 heteroatoms. The van der Waals surface area contributed by atoms with Crippen LogP contribution >= 0.6 is 0 Å². The molecule has 1 fully saturated rings. The molecule has 1 aliphatic rings. The van der Waals surface area contributed by atoms with Crippen LogP contribution in [-0.2, 0) is 0 Å². The molecule has 0 spiro atoms. The number of aryl methyl sites for hydroxylation is 1. The van der Waals surface area contributed by atoms with E-state index in [-0.39, 0.29) is 23.6 Å². The quantitative estimate of drug-likeness (QED) is 0.737. The lowest BCUT2D eigenvalue weighted by Crippen LogP contribution is -2.40. The molecule has 3 aromatic rings. The first-order valence-corrected chi connectivity index (χ1v) is 9.19. The first-order chi connectivity index (χ1) is 13.1. The highest BCUT2D eigenvalue weighted by Crippen LogP contribution is 2.24. The molecular formula is C22H21N3O2. The molecule has 136 valence electrons. The molecule has 5 nitrogen and oxygen atoms in total. The van der Waals surface area contributed by atoms with Gasteiger partial charge in [0.05, 0.1) is 5.69 Å². The topological polar surface area (TPSA) is 71.1 Å². The summed E-state index contributed by atoms with van der Waals surface area (Å²) in [4.78, 5) is 29.6. The summed E-state index contributed by atoms with van der Waals surface area (Å²) < 4.78 is 0. The van der Waals surface area contributed by atoms with E-state index in [1.54, 1.807) is 24.4 Å². The number of rotatable bonds is 4. The van der Waals surface area contributed by atoms with Gasteiger partial charge in [0.15, 0.2) is 5.69 Å². The summed E-state index contributed by atoms with van der Waals surface area (Å²) in [7, 11) is 0. The molecular weight excluding hydrogens is 338 g/mol. The van der Waals surface area contributed by atoms with Crippen LogP contribution in [0.15, 0.2) is 54.7 Å². The number of carbonyl (C=O) groups is 2. The zero-order valence-electron chi connectivity index (χ0n) is 15.2. The third-order valence-corrected chi connectivity index (χ3v) is 5.10. The molecule has 0 bridgehead atoms. The molecule has 0 atom stereocenters. The fourth-order valence-corrected chi connectivity index (χ4v) is 3.35. The van der Waals surface area contributed by atoms with Crippen LogP contribution in [0.1, 0.15) is 45.7 Å². The number of nitrogens with one attached hydrogen (secondary N) is 2. The van der Waals surface area contributed by atoms with E-state index in [1.807, 2.05) is 37.3 Å². The van der Waals surface area contributed by atoms with Gasteiger partial charge in [0.25, 0.3) is 11.8 Å². The lowest BCUT2D eigenvalue weighted by atomic mass is 9.93. The second kappa shape index (κ2) is 7.19. The molecule has 1 aromatic heterocycles. The van der Waals surface area contributed by atoms with E-state index < -0.39 is 0 Å². The third kappa shape index (κ3) is 3.40. The van der Waals surface area contributed by atoms with Crippen LogP contribution in [0.2, 0.25) is 0 Å². The van der Waals surface area contributed by atoms with Crippen molar-refractivity contribution >= 4 is 28.3 Å². The molecule has 0 aliphatic heterocycles. The second-order valence-corrected chi connectivity index (χ2v) is 6.93. The number of pyridine rings is 1. The molecule has 0 radical (unpaired) electrons. The predicted molar refractivity (Wildman–Crippen MR) is 106 cm³/mol. The summed E-state index contributed by atoms with van der Waals surface area (Å²) in [5.41, 5.74) is 2.35. The van der Waals surface area contributed by atoms with Crippen molar-refractivity contribution in [2.24, 2.45) is 0 Å². The number of benzene rings is 2. The maximum atomic E-state index is 12.9. The highest BCUT2D eigenvalue weighted by Gasteiger charge is 2.23. The van der Waals surface area contributed by atoms with E-state index >= 15 is 0 Å². The molecule has 2 N–H and O–H groups in total. The number of aromatic nitrogens is 1. The van der Waals surface area contributed by atoms with Crippen molar-refractivity contribution in [2.45, 2.75) is 32.2 Å². The molecule has 2 amide bonds. The summed E-state index contributed by atoms with van der Waals surface area (Å²) in [5, 5.41) is 7.77. The molecule has 1 aliphatic carbocycles. The third-order valence-electron chi connectivity index (χ3n) is 5.10. The summed E-state index contributed by atoms with van der Waals surface area (Å²) in [5.74, 6) is -0.499. The van der Waals surface area contributed by atoms with Crippen LogP contribution in [0, 0.1) is 6.92 Å². The van der Waals surface area contributed by atoms with Crippen molar-refractivity contribution in [1.29, 1.82) is 0 Å². The van der Waals surface area contributed by atoms with Gasteiger partial charge in [-0.05, 0) is 60.7 Å². The maximum absolute atomic E-state index is 12.9. The van der Waals surface area contributed by atoms with Gasteiger partial charge in [0.2, 0.25) is 0 Å². The van der Waals surface area contributed by atoms with E-state index in [1.165, 1.54) is 0 Å². The zero-order chi connectivity index (χ0) is 18.8. The van der Waals surface area contributed by atoms with Gasteiger partial charge >= 0.3 is 0 Å². The largest absolute Gasteiger partial charge is 0.348 e. The number of carbonyl (C=O) groups excluding carboxylic acids is 2. The van der Waals surface area contributed by atoms with Gasteiger partial charge < -0.3 is 10.6 Å². The Labute approximate surface area is 157 Å². The zero-order valence-corrected chi connectivity index (χ0v) is 15.2. The first-order valence-electron chi connectivity index (χ1n) is 9.19. The Morgan fingerprint density at radius 3 is 2.52 bits per heavy atom. The van der Waals surface area contributed by atoms with Gasteiger partial charge in [-0.2, -0.15) is 0 Å². The minimum atomic E-state index is -0.253. The highest BCUT2D eigenvalue weighted by molar-refractivity contribution is 6.14. The molecule has 4 rings (SSSR count). The monoisotopic (exact) mass is 359 g/mol. The number of hydrogen-bond acceptors (Lipinski definition) is 3. The molecule has 0 saturated heterocycles. The van der Waals surface area contributed by atoms with E-state index in [2.05, 4.69) is 15.6 Å². The second-order valence-electron chi connectivity index (χ2n) is 6.93. The highest BCUT2D eigenvalue weighted by atomic mass is 16.2. The number of anilines is 1. The van der Waals surface area contributed by atoms with Gasteiger partial charge in [-0.3, -0.25) is 9.59 Å². The van der Waals surface area contributed by atoms with Crippen molar-refractivity contribution in [3.8, 4) is 0 Å².